The van der Waals surface area contributed by atoms with Crippen molar-refractivity contribution in [1.82, 2.24) is 14.8 Å². The van der Waals surface area contributed by atoms with E-state index in [4.69, 9.17) is 23.2 Å². The van der Waals surface area contributed by atoms with Gasteiger partial charge in [0, 0.05) is 16.3 Å². The predicted molar refractivity (Wildman–Crippen MR) is 89.4 cm³/mol. The van der Waals surface area contributed by atoms with E-state index in [1.165, 1.54) is 0 Å². The molecule has 3 rings (SSSR count). The van der Waals surface area contributed by atoms with Crippen molar-refractivity contribution in [2.24, 2.45) is 0 Å². The number of rotatable bonds is 3. The Hall–Kier alpha value is -1.36. The summed E-state index contributed by atoms with van der Waals surface area (Å²) in [4.78, 5) is 0. The fourth-order valence-electron chi connectivity index (χ4n) is 2.09. The molecule has 0 aliphatic carbocycles. The highest BCUT2D eigenvalue weighted by atomic mass is 79.9. The highest BCUT2D eigenvalue weighted by Crippen LogP contribution is 2.31. The SMILES string of the molecule is Clc1ccc(Cl)c(-c2nnc(CBr)n2-c2ccccc2)c1. The summed E-state index contributed by atoms with van der Waals surface area (Å²) in [6.45, 7) is 0. The van der Waals surface area contributed by atoms with Crippen LogP contribution in [0.1, 0.15) is 5.82 Å². The second-order valence-corrected chi connectivity index (χ2v) is 5.77. The van der Waals surface area contributed by atoms with Crippen molar-refractivity contribution in [2.45, 2.75) is 5.33 Å². The zero-order chi connectivity index (χ0) is 14.8. The second kappa shape index (κ2) is 6.18. The van der Waals surface area contributed by atoms with Gasteiger partial charge in [0.2, 0.25) is 0 Å². The normalized spacial score (nSPS) is 10.8. The first kappa shape index (κ1) is 14.6. The van der Waals surface area contributed by atoms with Crippen LogP contribution in [0.4, 0.5) is 0 Å². The maximum Gasteiger partial charge on any atom is 0.170 e. The quantitative estimate of drug-likeness (QED) is 0.587. The molecule has 106 valence electrons. The van der Waals surface area contributed by atoms with E-state index in [1.54, 1.807) is 18.2 Å². The molecule has 0 bridgehead atoms. The molecule has 1 heterocycles. The summed E-state index contributed by atoms with van der Waals surface area (Å²) < 4.78 is 1.96. The lowest BCUT2D eigenvalue weighted by molar-refractivity contribution is 0.962. The van der Waals surface area contributed by atoms with Crippen LogP contribution >= 0.6 is 39.1 Å². The first-order chi connectivity index (χ1) is 10.2. The highest BCUT2D eigenvalue weighted by Gasteiger charge is 2.17. The standard InChI is InChI=1S/C15H10BrCl2N3/c16-9-14-19-20-15(12-8-10(17)6-7-13(12)18)21(14)11-4-2-1-3-5-11/h1-8H,9H2. The van der Waals surface area contributed by atoms with Gasteiger partial charge in [0.1, 0.15) is 5.82 Å². The lowest BCUT2D eigenvalue weighted by atomic mass is 10.2. The largest absolute Gasteiger partial charge is 0.278 e. The van der Waals surface area contributed by atoms with Crippen LogP contribution in [-0.2, 0) is 5.33 Å². The lowest BCUT2D eigenvalue weighted by Gasteiger charge is -2.10. The molecule has 2 aromatic carbocycles. The van der Waals surface area contributed by atoms with Gasteiger partial charge in [0.05, 0.1) is 10.4 Å². The Kier molecular flexibility index (Phi) is 4.29. The van der Waals surface area contributed by atoms with Crippen LogP contribution in [0, 0.1) is 0 Å². The minimum Gasteiger partial charge on any atom is -0.278 e. The topological polar surface area (TPSA) is 30.7 Å². The molecule has 6 heteroatoms. The molecule has 0 atom stereocenters. The van der Waals surface area contributed by atoms with Crippen LogP contribution in [0.25, 0.3) is 17.1 Å². The Bertz CT molecular complexity index is 772. The van der Waals surface area contributed by atoms with Crippen molar-refractivity contribution in [3.8, 4) is 17.1 Å². The summed E-state index contributed by atoms with van der Waals surface area (Å²) in [6.07, 6.45) is 0. The molecule has 0 aliphatic heterocycles. The molecular formula is C15H10BrCl2N3. The van der Waals surface area contributed by atoms with Crippen LogP contribution in [-0.4, -0.2) is 14.8 Å². The van der Waals surface area contributed by atoms with Gasteiger partial charge in [-0.2, -0.15) is 0 Å². The molecular weight excluding hydrogens is 373 g/mol. The van der Waals surface area contributed by atoms with E-state index < -0.39 is 0 Å². The van der Waals surface area contributed by atoms with Crippen molar-refractivity contribution in [3.63, 3.8) is 0 Å². The fourth-order valence-corrected chi connectivity index (χ4v) is 2.83. The van der Waals surface area contributed by atoms with Crippen molar-refractivity contribution < 1.29 is 0 Å². The van der Waals surface area contributed by atoms with E-state index in [-0.39, 0.29) is 0 Å². The summed E-state index contributed by atoms with van der Waals surface area (Å²) in [5, 5.41) is 10.3. The van der Waals surface area contributed by atoms with Crippen LogP contribution in [0.5, 0.6) is 0 Å². The molecule has 0 radical (unpaired) electrons. The third-order valence-corrected chi connectivity index (χ3v) is 4.10. The first-order valence-electron chi connectivity index (χ1n) is 6.22. The van der Waals surface area contributed by atoms with Crippen molar-refractivity contribution in [3.05, 3.63) is 64.4 Å². The Morgan fingerprint density at radius 3 is 2.48 bits per heavy atom. The van der Waals surface area contributed by atoms with Gasteiger partial charge in [0.25, 0.3) is 0 Å². The number of aromatic nitrogens is 3. The van der Waals surface area contributed by atoms with Crippen molar-refractivity contribution >= 4 is 39.1 Å². The molecule has 21 heavy (non-hydrogen) atoms. The number of halogens is 3. The molecule has 0 saturated heterocycles. The van der Waals surface area contributed by atoms with Crippen LogP contribution in [0.15, 0.2) is 48.5 Å². The molecule has 0 saturated carbocycles. The molecule has 3 aromatic rings. The third kappa shape index (κ3) is 2.84. The molecule has 0 N–H and O–H groups in total. The summed E-state index contributed by atoms with van der Waals surface area (Å²) in [5.41, 5.74) is 1.73. The van der Waals surface area contributed by atoms with Crippen LogP contribution in [0.2, 0.25) is 10.0 Å². The van der Waals surface area contributed by atoms with E-state index in [9.17, 15) is 0 Å². The van der Waals surface area contributed by atoms with Crippen molar-refractivity contribution in [2.75, 3.05) is 0 Å². The first-order valence-corrected chi connectivity index (χ1v) is 8.09. The van der Waals surface area contributed by atoms with Gasteiger partial charge in [-0.05, 0) is 30.3 Å². The molecule has 3 nitrogen and oxygen atoms in total. The van der Waals surface area contributed by atoms with E-state index in [1.807, 2.05) is 34.9 Å². The van der Waals surface area contributed by atoms with E-state index in [0.29, 0.717) is 21.2 Å². The maximum absolute atomic E-state index is 6.29. The Morgan fingerprint density at radius 1 is 1.00 bits per heavy atom. The minimum atomic E-state index is 0.588. The fraction of sp³-hybridized carbons (Fsp3) is 0.0667. The molecule has 0 aliphatic rings. The maximum atomic E-state index is 6.29. The molecule has 0 amide bonds. The van der Waals surface area contributed by atoms with Gasteiger partial charge in [-0.25, -0.2) is 0 Å². The van der Waals surface area contributed by atoms with Gasteiger partial charge in [0.15, 0.2) is 5.82 Å². The number of alkyl halides is 1. The van der Waals surface area contributed by atoms with E-state index in [0.717, 1.165) is 17.1 Å². The molecule has 1 aromatic heterocycles. The van der Waals surface area contributed by atoms with Gasteiger partial charge < -0.3 is 0 Å². The summed E-state index contributed by atoms with van der Waals surface area (Å²) in [5.74, 6) is 1.47. The average Bonchev–Trinajstić information content (AvgIpc) is 2.94. The zero-order valence-electron chi connectivity index (χ0n) is 10.8. The van der Waals surface area contributed by atoms with Crippen LogP contribution < -0.4 is 0 Å². The zero-order valence-corrected chi connectivity index (χ0v) is 13.9. The van der Waals surface area contributed by atoms with Gasteiger partial charge >= 0.3 is 0 Å². The second-order valence-electron chi connectivity index (χ2n) is 4.37. The Labute approximate surface area is 140 Å². The van der Waals surface area contributed by atoms with Crippen LogP contribution in [0.3, 0.4) is 0 Å². The molecule has 0 fully saturated rings. The summed E-state index contributed by atoms with van der Waals surface area (Å²) >= 11 is 15.8. The lowest BCUT2D eigenvalue weighted by Crippen LogP contribution is -2.01. The van der Waals surface area contributed by atoms with Gasteiger partial charge in [-0.3, -0.25) is 4.57 Å². The van der Waals surface area contributed by atoms with Gasteiger partial charge in [-0.1, -0.05) is 57.3 Å². The van der Waals surface area contributed by atoms with Crippen molar-refractivity contribution in [1.29, 1.82) is 0 Å². The minimum absolute atomic E-state index is 0.588. The number of hydrogen-bond acceptors (Lipinski definition) is 2. The molecule has 0 unspecified atom stereocenters. The number of nitrogens with zero attached hydrogens (tertiary/aromatic N) is 3. The highest BCUT2D eigenvalue weighted by molar-refractivity contribution is 9.08. The van der Waals surface area contributed by atoms with E-state index in [2.05, 4.69) is 26.1 Å². The van der Waals surface area contributed by atoms with Gasteiger partial charge in [-0.15, -0.1) is 10.2 Å². The molecule has 0 spiro atoms. The number of benzene rings is 2. The Balaban J connectivity index is 2.25. The monoisotopic (exact) mass is 381 g/mol. The number of para-hydroxylation sites is 1. The Morgan fingerprint density at radius 2 is 1.76 bits per heavy atom. The third-order valence-electron chi connectivity index (χ3n) is 3.03. The smallest absolute Gasteiger partial charge is 0.170 e. The van der Waals surface area contributed by atoms with E-state index >= 15 is 0 Å². The summed E-state index contributed by atoms with van der Waals surface area (Å²) in [6, 6.07) is 15.2. The average molecular weight is 383 g/mol. The predicted octanol–water partition coefficient (Wildman–Crippen LogP) is 5.14. The number of hydrogen-bond donors (Lipinski definition) is 0. The summed E-state index contributed by atoms with van der Waals surface area (Å²) in [7, 11) is 0.